The minimum atomic E-state index is -0.552. The molecular formula is C22H25N3O5. The predicted octanol–water partition coefficient (Wildman–Crippen LogP) is 3.35. The van der Waals surface area contributed by atoms with Crippen molar-refractivity contribution in [3.05, 3.63) is 46.8 Å². The Morgan fingerprint density at radius 3 is 2.63 bits per heavy atom. The molecule has 0 spiro atoms. The van der Waals surface area contributed by atoms with Gasteiger partial charge in [-0.1, -0.05) is 26.0 Å². The summed E-state index contributed by atoms with van der Waals surface area (Å²) in [4.78, 5) is 25.6. The second-order valence-corrected chi connectivity index (χ2v) is 8.29. The molecule has 1 atom stereocenters. The number of methoxy groups -OCH3 is 3. The Bertz CT molecular complexity index is 1070. The molecule has 1 aliphatic heterocycles. The molecule has 8 nitrogen and oxygen atoms in total. The van der Waals surface area contributed by atoms with Crippen LogP contribution in [0.2, 0.25) is 0 Å². The van der Waals surface area contributed by atoms with Crippen LogP contribution in [0, 0.1) is 5.41 Å². The first kappa shape index (κ1) is 20.0. The molecule has 158 valence electrons. The van der Waals surface area contributed by atoms with E-state index in [2.05, 4.69) is 24.3 Å². The number of aromatic nitrogens is 2. The Morgan fingerprint density at radius 2 is 1.97 bits per heavy atom. The van der Waals surface area contributed by atoms with Crippen LogP contribution in [0.5, 0.6) is 11.5 Å². The van der Waals surface area contributed by atoms with Gasteiger partial charge in [-0.05, 0) is 17.9 Å². The van der Waals surface area contributed by atoms with Gasteiger partial charge in [0.25, 0.3) is 0 Å². The van der Waals surface area contributed by atoms with Crippen LogP contribution in [-0.2, 0) is 9.53 Å². The number of ether oxygens (including phenoxy) is 3. The van der Waals surface area contributed by atoms with Gasteiger partial charge in [-0.15, -0.1) is 0 Å². The van der Waals surface area contributed by atoms with Crippen molar-refractivity contribution in [3.8, 4) is 11.5 Å². The number of nitrogens with one attached hydrogen (secondary N) is 1. The third-order valence-corrected chi connectivity index (χ3v) is 5.64. The molecule has 0 saturated heterocycles. The molecule has 1 N–H and O–H groups in total. The molecule has 2 aromatic rings. The summed E-state index contributed by atoms with van der Waals surface area (Å²) in [5.74, 6) is 1.13. The lowest BCUT2D eigenvalue weighted by Crippen LogP contribution is -2.37. The van der Waals surface area contributed by atoms with Gasteiger partial charge < -0.3 is 19.5 Å². The number of ketones is 1. The number of anilines is 1. The van der Waals surface area contributed by atoms with E-state index in [-0.39, 0.29) is 11.2 Å². The van der Waals surface area contributed by atoms with Crippen molar-refractivity contribution < 1.29 is 23.8 Å². The van der Waals surface area contributed by atoms with E-state index in [0.717, 1.165) is 11.3 Å². The van der Waals surface area contributed by atoms with E-state index >= 15 is 0 Å². The molecule has 2 heterocycles. The van der Waals surface area contributed by atoms with E-state index in [1.54, 1.807) is 25.0 Å². The van der Waals surface area contributed by atoms with Crippen LogP contribution in [0.4, 0.5) is 5.82 Å². The van der Waals surface area contributed by atoms with Crippen LogP contribution in [0.3, 0.4) is 0 Å². The van der Waals surface area contributed by atoms with Gasteiger partial charge in [0.1, 0.15) is 17.4 Å². The van der Waals surface area contributed by atoms with E-state index in [1.807, 2.05) is 12.1 Å². The quantitative estimate of drug-likeness (QED) is 0.772. The van der Waals surface area contributed by atoms with Crippen molar-refractivity contribution in [1.29, 1.82) is 0 Å². The van der Waals surface area contributed by atoms with E-state index in [0.29, 0.717) is 41.3 Å². The largest absolute Gasteiger partial charge is 0.493 e. The number of carbonyl (C=O) groups excluding carboxylic acids is 2. The number of fused-ring (bicyclic) bond motifs is 1. The lowest BCUT2D eigenvalue weighted by atomic mass is 9.73. The minimum absolute atomic E-state index is 0.0457. The number of carbonyl (C=O) groups is 2. The fraction of sp³-hybridized carbons (Fsp3) is 0.409. The summed E-state index contributed by atoms with van der Waals surface area (Å²) in [5, 5.41) is 7.75. The molecule has 0 amide bonds. The summed E-state index contributed by atoms with van der Waals surface area (Å²) < 4.78 is 17.7. The first-order valence-corrected chi connectivity index (χ1v) is 9.71. The second-order valence-electron chi connectivity index (χ2n) is 8.29. The molecule has 8 heteroatoms. The molecular weight excluding hydrogens is 386 g/mol. The molecule has 30 heavy (non-hydrogen) atoms. The Morgan fingerprint density at radius 1 is 1.20 bits per heavy atom. The van der Waals surface area contributed by atoms with Crippen LogP contribution < -0.4 is 14.8 Å². The maximum absolute atomic E-state index is 13.3. The van der Waals surface area contributed by atoms with E-state index in [9.17, 15) is 9.59 Å². The Hall–Kier alpha value is -3.29. The van der Waals surface area contributed by atoms with E-state index in [4.69, 9.17) is 14.2 Å². The van der Waals surface area contributed by atoms with Crippen LogP contribution in [0.25, 0.3) is 0 Å². The number of benzene rings is 1. The zero-order valence-electron chi connectivity index (χ0n) is 17.7. The second kappa shape index (κ2) is 7.19. The third-order valence-electron chi connectivity index (χ3n) is 5.64. The summed E-state index contributed by atoms with van der Waals surface area (Å²) in [6, 6.07) is 4.98. The zero-order valence-corrected chi connectivity index (χ0v) is 17.7. The van der Waals surface area contributed by atoms with E-state index in [1.165, 1.54) is 13.3 Å². The molecule has 0 fully saturated rings. The molecule has 0 radical (unpaired) electrons. The van der Waals surface area contributed by atoms with Gasteiger partial charge in [-0.2, -0.15) is 5.10 Å². The molecule has 4 rings (SSSR count). The summed E-state index contributed by atoms with van der Waals surface area (Å²) in [7, 11) is 4.46. The minimum Gasteiger partial charge on any atom is -0.493 e. The lowest BCUT2D eigenvalue weighted by Gasteiger charge is -2.39. The van der Waals surface area contributed by atoms with Crippen molar-refractivity contribution >= 4 is 17.6 Å². The van der Waals surface area contributed by atoms with Crippen LogP contribution in [-0.4, -0.2) is 42.9 Å². The Balaban J connectivity index is 1.98. The third kappa shape index (κ3) is 3.03. The normalized spacial score (nSPS) is 19.5. The highest BCUT2D eigenvalue weighted by Gasteiger charge is 2.43. The number of Topliss-reactive ketones (excluding diaryl/α,β-unsaturated/α-hetero) is 1. The highest BCUT2D eigenvalue weighted by molar-refractivity contribution is 6.02. The monoisotopic (exact) mass is 411 g/mol. The molecule has 0 bridgehead atoms. The lowest BCUT2D eigenvalue weighted by molar-refractivity contribution is -0.118. The van der Waals surface area contributed by atoms with Crippen LogP contribution in [0.15, 0.2) is 35.7 Å². The van der Waals surface area contributed by atoms with Gasteiger partial charge in [0, 0.05) is 23.3 Å². The maximum Gasteiger partial charge on any atom is 0.343 e. The number of allylic oxidation sites excluding steroid dienone is 2. The number of rotatable bonds is 4. The highest BCUT2D eigenvalue weighted by Crippen LogP contribution is 2.49. The van der Waals surface area contributed by atoms with Gasteiger partial charge in [0.05, 0.1) is 27.5 Å². The van der Waals surface area contributed by atoms with Crippen molar-refractivity contribution in [3.63, 3.8) is 0 Å². The van der Waals surface area contributed by atoms with Crippen molar-refractivity contribution in [1.82, 2.24) is 9.78 Å². The van der Waals surface area contributed by atoms with Crippen molar-refractivity contribution in [2.75, 3.05) is 26.6 Å². The van der Waals surface area contributed by atoms with Gasteiger partial charge in [0.2, 0.25) is 0 Å². The highest BCUT2D eigenvalue weighted by atomic mass is 16.5. The number of nitrogens with zero attached hydrogens (tertiary/aromatic N) is 2. The Labute approximate surface area is 174 Å². The van der Waals surface area contributed by atoms with Gasteiger partial charge in [-0.25, -0.2) is 9.48 Å². The number of esters is 1. The Kier molecular flexibility index (Phi) is 4.80. The predicted molar refractivity (Wildman–Crippen MR) is 110 cm³/mol. The number of para-hydroxylation sites is 1. The zero-order chi connectivity index (χ0) is 21.6. The average Bonchev–Trinajstić information content (AvgIpc) is 3.13. The summed E-state index contributed by atoms with van der Waals surface area (Å²) >= 11 is 0. The fourth-order valence-electron chi connectivity index (χ4n) is 4.39. The summed E-state index contributed by atoms with van der Waals surface area (Å²) in [6.07, 6.45) is 2.56. The molecule has 1 aromatic heterocycles. The maximum atomic E-state index is 13.3. The smallest absolute Gasteiger partial charge is 0.343 e. The first-order chi connectivity index (χ1) is 14.3. The number of hydrogen-bond donors (Lipinski definition) is 1. The number of hydrogen-bond acceptors (Lipinski definition) is 7. The standard InChI is InChI=1S/C22H25N3O5/c1-22(2)9-14-17(15(26)10-22)18(12-7-6-8-16(28-3)19(12)29-4)25-20(24-14)13(11-23-25)21(27)30-5/h6-8,11,18,24H,9-10H2,1-5H3/t18-/m1/s1. The SMILES string of the molecule is COC(=O)c1cnn2c1NC1=C(C(=O)CC(C)(C)C1)[C@H]2c1cccc(OC)c1OC. The van der Waals surface area contributed by atoms with E-state index < -0.39 is 12.0 Å². The van der Waals surface area contributed by atoms with Gasteiger partial charge in [0.15, 0.2) is 17.3 Å². The van der Waals surface area contributed by atoms with Crippen LogP contribution in [0.1, 0.15) is 48.7 Å². The van der Waals surface area contributed by atoms with Gasteiger partial charge >= 0.3 is 5.97 Å². The van der Waals surface area contributed by atoms with Crippen molar-refractivity contribution in [2.24, 2.45) is 5.41 Å². The molecule has 1 aromatic carbocycles. The first-order valence-electron chi connectivity index (χ1n) is 9.71. The topological polar surface area (TPSA) is 91.7 Å². The van der Waals surface area contributed by atoms with Crippen molar-refractivity contribution in [2.45, 2.75) is 32.7 Å². The van der Waals surface area contributed by atoms with Crippen LogP contribution >= 0.6 is 0 Å². The average molecular weight is 411 g/mol. The molecule has 0 unspecified atom stereocenters. The molecule has 1 aliphatic carbocycles. The molecule has 2 aliphatic rings. The molecule has 0 saturated carbocycles. The summed E-state index contributed by atoms with van der Waals surface area (Å²) in [5.41, 5.74) is 2.28. The fourth-order valence-corrected chi connectivity index (χ4v) is 4.39. The summed E-state index contributed by atoms with van der Waals surface area (Å²) in [6.45, 7) is 4.12. The van der Waals surface area contributed by atoms with Gasteiger partial charge in [-0.3, -0.25) is 4.79 Å².